The molecule has 5 heteroatoms. The molecule has 0 bridgehead atoms. The van der Waals surface area contributed by atoms with E-state index in [1.807, 2.05) is 12.1 Å². The molecule has 19 heavy (non-hydrogen) atoms. The largest absolute Gasteiger partial charge is 0.409 e. The number of piperidine rings is 1. The number of pyridine rings is 1. The molecule has 0 amide bonds. The van der Waals surface area contributed by atoms with Crippen molar-refractivity contribution in [3.05, 3.63) is 24.0 Å². The Morgan fingerprint density at radius 1 is 1.53 bits per heavy atom. The molecule has 0 aromatic carbocycles. The van der Waals surface area contributed by atoms with Gasteiger partial charge in [0.25, 0.3) is 0 Å². The first kappa shape index (κ1) is 13.6. The first-order valence-corrected chi connectivity index (χ1v) is 6.77. The van der Waals surface area contributed by atoms with Crippen LogP contribution in [0.5, 0.6) is 0 Å². The molecule has 1 aliphatic rings. The number of nitrogens with two attached hydrogens (primary N) is 1. The maximum Gasteiger partial charge on any atom is 0.190 e. The Kier molecular flexibility index (Phi) is 3.93. The third kappa shape index (κ3) is 2.80. The number of oxime groups is 1. The van der Waals surface area contributed by atoms with Crippen LogP contribution in [-0.4, -0.2) is 29.1 Å². The van der Waals surface area contributed by atoms with Crippen molar-refractivity contribution in [3.63, 3.8) is 0 Å². The molecule has 104 valence electrons. The minimum absolute atomic E-state index is 0.0689. The number of rotatable bonds is 3. The van der Waals surface area contributed by atoms with Gasteiger partial charge in [-0.05, 0) is 30.4 Å². The quantitative estimate of drug-likeness (QED) is 0.379. The number of hydrogen-bond acceptors (Lipinski definition) is 4. The van der Waals surface area contributed by atoms with Crippen LogP contribution in [0.4, 0.5) is 5.69 Å². The predicted molar refractivity (Wildman–Crippen MR) is 76.6 cm³/mol. The fraction of sp³-hybridized carbons (Fsp3) is 0.571. The highest BCUT2D eigenvalue weighted by Gasteiger charge is 2.29. The predicted octanol–water partition coefficient (Wildman–Crippen LogP) is 2.19. The molecular formula is C14H22N4O. The zero-order chi connectivity index (χ0) is 13.9. The lowest BCUT2D eigenvalue weighted by Gasteiger charge is -2.40. The molecule has 0 unspecified atom stereocenters. The summed E-state index contributed by atoms with van der Waals surface area (Å²) in [5.74, 6) is 0.0689. The third-order valence-corrected chi connectivity index (χ3v) is 4.30. The van der Waals surface area contributed by atoms with Crippen LogP contribution < -0.4 is 10.6 Å². The van der Waals surface area contributed by atoms with Gasteiger partial charge in [0.05, 0.1) is 5.69 Å². The Hall–Kier alpha value is -1.78. The monoisotopic (exact) mass is 262 g/mol. The molecule has 1 aromatic rings. The second kappa shape index (κ2) is 5.47. The second-order valence-electron chi connectivity index (χ2n) is 5.51. The Morgan fingerprint density at radius 3 is 2.79 bits per heavy atom. The molecule has 0 spiro atoms. The Labute approximate surface area is 114 Å². The molecular weight excluding hydrogens is 240 g/mol. The van der Waals surface area contributed by atoms with Gasteiger partial charge in [-0.2, -0.15) is 0 Å². The van der Waals surface area contributed by atoms with E-state index in [9.17, 15) is 0 Å². The van der Waals surface area contributed by atoms with Crippen molar-refractivity contribution >= 4 is 11.5 Å². The lowest BCUT2D eigenvalue weighted by molar-refractivity contribution is 0.238. The summed E-state index contributed by atoms with van der Waals surface area (Å²) >= 11 is 0. The van der Waals surface area contributed by atoms with E-state index in [-0.39, 0.29) is 5.84 Å². The lowest BCUT2D eigenvalue weighted by Crippen LogP contribution is -2.39. The lowest BCUT2D eigenvalue weighted by atomic mass is 9.78. The van der Waals surface area contributed by atoms with Crippen LogP contribution in [0.1, 0.15) is 38.8 Å². The highest BCUT2D eigenvalue weighted by Crippen LogP contribution is 2.36. The zero-order valence-corrected chi connectivity index (χ0v) is 11.6. The van der Waals surface area contributed by atoms with E-state index in [1.165, 1.54) is 6.42 Å². The normalized spacial score (nSPS) is 19.5. The van der Waals surface area contributed by atoms with E-state index in [0.717, 1.165) is 31.6 Å². The van der Waals surface area contributed by atoms with Crippen LogP contribution in [0.15, 0.2) is 23.5 Å². The fourth-order valence-corrected chi connectivity index (χ4v) is 2.54. The first-order chi connectivity index (χ1) is 9.09. The molecule has 1 aliphatic heterocycles. The van der Waals surface area contributed by atoms with E-state index < -0.39 is 0 Å². The number of amidine groups is 1. The van der Waals surface area contributed by atoms with Gasteiger partial charge in [-0.1, -0.05) is 25.4 Å². The Bertz CT molecular complexity index is 464. The molecule has 2 rings (SSSR count). The van der Waals surface area contributed by atoms with E-state index in [1.54, 1.807) is 6.20 Å². The number of aromatic nitrogens is 1. The van der Waals surface area contributed by atoms with Gasteiger partial charge in [0, 0.05) is 19.3 Å². The molecule has 5 nitrogen and oxygen atoms in total. The van der Waals surface area contributed by atoms with Crippen molar-refractivity contribution < 1.29 is 5.21 Å². The Balaban J connectivity index is 2.20. The minimum Gasteiger partial charge on any atom is -0.409 e. The van der Waals surface area contributed by atoms with E-state index in [0.29, 0.717) is 11.1 Å². The summed E-state index contributed by atoms with van der Waals surface area (Å²) in [7, 11) is 0. The summed E-state index contributed by atoms with van der Waals surface area (Å²) in [6, 6.07) is 3.87. The van der Waals surface area contributed by atoms with Crippen molar-refractivity contribution in [2.24, 2.45) is 16.3 Å². The summed E-state index contributed by atoms with van der Waals surface area (Å²) in [6.45, 7) is 6.57. The molecule has 2 heterocycles. The van der Waals surface area contributed by atoms with Crippen LogP contribution in [0.25, 0.3) is 0 Å². The average Bonchev–Trinajstić information content (AvgIpc) is 2.47. The van der Waals surface area contributed by atoms with Crippen molar-refractivity contribution in [2.45, 2.75) is 33.1 Å². The minimum atomic E-state index is 0.0689. The summed E-state index contributed by atoms with van der Waals surface area (Å²) in [4.78, 5) is 6.50. The van der Waals surface area contributed by atoms with Crippen LogP contribution in [-0.2, 0) is 0 Å². The van der Waals surface area contributed by atoms with Gasteiger partial charge in [0.2, 0.25) is 0 Å². The molecule has 1 aromatic heterocycles. The SMILES string of the molecule is CCC1(C)CCN(c2cccnc2/C(N)=N/O)CC1. The first-order valence-electron chi connectivity index (χ1n) is 6.77. The van der Waals surface area contributed by atoms with E-state index >= 15 is 0 Å². The molecule has 3 N–H and O–H groups in total. The zero-order valence-electron chi connectivity index (χ0n) is 11.6. The summed E-state index contributed by atoms with van der Waals surface area (Å²) in [6.07, 6.45) is 5.19. The van der Waals surface area contributed by atoms with Crippen molar-refractivity contribution in [1.82, 2.24) is 4.98 Å². The van der Waals surface area contributed by atoms with Crippen LogP contribution in [0, 0.1) is 5.41 Å². The highest BCUT2D eigenvalue weighted by molar-refractivity contribution is 6.00. The number of nitrogens with zero attached hydrogens (tertiary/aromatic N) is 3. The average molecular weight is 262 g/mol. The van der Waals surface area contributed by atoms with Gasteiger partial charge in [-0.25, -0.2) is 0 Å². The maximum atomic E-state index is 8.84. The van der Waals surface area contributed by atoms with Crippen LogP contribution >= 0.6 is 0 Å². The standard InChI is InChI=1S/C14H22N4O/c1-3-14(2)6-9-18(10-7-14)11-5-4-8-16-12(11)13(15)17-19/h4-5,8,19H,3,6-7,9-10H2,1-2H3,(H2,15,17). The van der Waals surface area contributed by atoms with Crippen LogP contribution in [0.2, 0.25) is 0 Å². The molecule has 1 fully saturated rings. The Morgan fingerprint density at radius 2 is 2.21 bits per heavy atom. The number of hydrogen-bond donors (Lipinski definition) is 2. The second-order valence-corrected chi connectivity index (χ2v) is 5.51. The smallest absolute Gasteiger partial charge is 0.190 e. The third-order valence-electron chi connectivity index (χ3n) is 4.30. The van der Waals surface area contributed by atoms with Crippen LogP contribution in [0.3, 0.4) is 0 Å². The maximum absolute atomic E-state index is 8.84. The molecule has 0 atom stereocenters. The summed E-state index contributed by atoms with van der Waals surface area (Å²) in [5.41, 5.74) is 7.65. The molecule has 1 saturated heterocycles. The molecule has 0 aliphatic carbocycles. The van der Waals surface area contributed by atoms with Crippen molar-refractivity contribution in [3.8, 4) is 0 Å². The topological polar surface area (TPSA) is 74.7 Å². The molecule has 0 saturated carbocycles. The van der Waals surface area contributed by atoms with Crippen molar-refractivity contribution in [2.75, 3.05) is 18.0 Å². The van der Waals surface area contributed by atoms with Gasteiger partial charge >= 0.3 is 0 Å². The summed E-state index contributed by atoms with van der Waals surface area (Å²) < 4.78 is 0. The van der Waals surface area contributed by atoms with Crippen molar-refractivity contribution in [1.29, 1.82) is 0 Å². The van der Waals surface area contributed by atoms with E-state index in [2.05, 4.69) is 28.9 Å². The van der Waals surface area contributed by atoms with Gasteiger partial charge in [-0.15, -0.1) is 0 Å². The summed E-state index contributed by atoms with van der Waals surface area (Å²) in [5, 5.41) is 11.9. The van der Waals surface area contributed by atoms with Gasteiger partial charge in [-0.3, -0.25) is 4.98 Å². The fourth-order valence-electron chi connectivity index (χ4n) is 2.54. The highest BCUT2D eigenvalue weighted by atomic mass is 16.4. The molecule has 0 radical (unpaired) electrons. The van der Waals surface area contributed by atoms with E-state index in [4.69, 9.17) is 10.9 Å². The number of anilines is 1. The van der Waals surface area contributed by atoms with Gasteiger partial charge in [0.15, 0.2) is 5.84 Å². The van der Waals surface area contributed by atoms with Gasteiger partial charge in [0.1, 0.15) is 5.69 Å². The van der Waals surface area contributed by atoms with Gasteiger partial charge < -0.3 is 15.8 Å².